The number of hydrogen-bond acceptors (Lipinski definition) is 10. The summed E-state index contributed by atoms with van der Waals surface area (Å²) >= 11 is 6.84. The molecule has 12 nitrogen and oxygen atoms in total. The van der Waals surface area contributed by atoms with Crippen LogP contribution in [0, 0.1) is 11.3 Å². The number of halogens is 2. The molecule has 14 heteroatoms. The summed E-state index contributed by atoms with van der Waals surface area (Å²) in [4.78, 5) is 28.8. The fourth-order valence-electron chi connectivity index (χ4n) is 8.83. The van der Waals surface area contributed by atoms with Crippen LogP contribution in [0.25, 0.3) is 0 Å². The van der Waals surface area contributed by atoms with E-state index in [0.29, 0.717) is 67.7 Å². The number of carbonyl (C=O) groups is 1. The predicted molar refractivity (Wildman–Crippen MR) is 180 cm³/mol. The summed E-state index contributed by atoms with van der Waals surface area (Å²) in [5, 5.41) is 15.1. The molecule has 6 heterocycles. The van der Waals surface area contributed by atoms with Gasteiger partial charge in [0.2, 0.25) is 0 Å². The number of nitrogens with zero attached hydrogens (tertiary/aromatic N) is 8. The van der Waals surface area contributed by atoms with Gasteiger partial charge in [0.1, 0.15) is 30.3 Å². The van der Waals surface area contributed by atoms with E-state index in [1.54, 1.807) is 14.1 Å². The zero-order valence-corrected chi connectivity index (χ0v) is 28.7. The van der Waals surface area contributed by atoms with Crippen LogP contribution in [0.1, 0.15) is 82.7 Å². The minimum Gasteiger partial charge on any atom is -0.461 e. The molecule has 0 bridgehead atoms. The Morgan fingerprint density at radius 2 is 2.08 bits per heavy atom. The molecule has 2 N–H and O–H groups in total. The number of ether oxygens (including phenoxy) is 2. The summed E-state index contributed by atoms with van der Waals surface area (Å²) in [6.45, 7) is 3.47. The van der Waals surface area contributed by atoms with Gasteiger partial charge in [-0.05, 0) is 56.7 Å². The van der Waals surface area contributed by atoms with Crippen molar-refractivity contribution in [1.29, 1.82) is 5.26 Å². The monoisotopic (exact) mass is 689 g/mol. The molecule has 1 spiro atoms. The summed E-state index contributed by atoms with van der Waals surface area (Å²) in [6, 6.07) is 6.41. The normalized spacial score (nSPS) is 26.0. The number of amides is 1. The molecular weight excluding hydrogens is 649 g/mol. The number of carbonyl (C=O) groups excluding carboxylic acids is 1. The van der Waals surface area contributed by atoms with Crippen molar-refractivity contribution in [3.8, 4) is 12.1 Å². The molecule has 0 unspecified atom stereocenters. The van der Waals surface area contributed by atoms with E-state index < -0.39 is 11.8 Å². The largest absolute Gasteiger partial charge is 0.461 e. The summed E-state index contributed by atoms with van der Waals surface area (Å²) in [6.07, 6.45) is 5.11. The van der Waals surface area contributed by atoms with E-state index >= 15 is 0 Å². The molecule has 8 rings (SSSR count). The summed E-state index contributed by atoms with van der Waals surface area (Å²) in [5.41, 5.74) is 10.7. The molecule has 5 aliphatic rings. The maximum atomic E-state index is 14.6. The first kappa shape index (κ1) is 32.2. The zero-order valence-electron chi connectivity index (χ0n) is 28.0. The number of aromatic nitrogens is 4. The van der Waals surface area contributed by atoms with E-state index in [9.17, 15) is 14.4 Å². The molecule has 0 saturated carbocycles. The molecule has 2 aromatic heterocycles. The summed E-state index contributed by atoms with van der Waals surface area (Å²) in [7, 11) is 3.36. The first-order valence-corrected chi connectivity index (χ1v) is 17.6. The second kappa shape index (κ2) is 12.1. The third kappa shape index (κ3) is 5.30. The minimum atomic E-state index is -0.870. The van der Waals surface area contributed by atoms with E-state index in [2.05, 4.69) is 21.0 Å². The zero-order chi connectivity index (χ0) is 34.1. The number of aryl methyl sites for hydroxylation is 2. The molecule has 1 aromatic carbocycles. The van der Waals surface area contributed by atoms with Crippen LogP contribution >= 0.6 is 11.6 Å². The van der Waals surface area contributed by atoms with Crippen LogP contribution in [-0.2, 0) is 42.9 Å². The Labute approximate surface area is 289 Å². The molecule has 3 aromatic rings. The van der Waals surface area contributed by atoms with E-state index in [0.717, 1.165) is 73.1 Å². The Morgan fingerprint density at radius 3 is 2.90 bits per heavy atom. The fraction of sp³-hybridized carbons (Fsp3) is 0.571. The lowest BCUT2D eigenvalue weighted by molar-refractivity contribution is -0.0857. The van der Waals surface area contributed by atoms with Gasteiger partial charge in [0, 0.05) is 63.4 Å². The maximum absolute atomic E-state index is 14.6. The Kier molecular flexibility index (Phi) is 7.96. The fourth-order valence-corrected chi connectivity index (χ4v) is 9.10. The second-order valence-corrected chi connectivity index (χ2v) is 14.8. The number of nitrogen functional groups attached to an aromatic ring is 1. The lowest BCUT2D eigenvalue weighted by atomic mass is 9.72. The van der Waals surface area contributed by atoms with Crippen LogP contribution in [-0.4, -0.2) is 87.5 Å². The van der Waals surface area contributed by atoms with Crippen molar-refractivity contribution in [2.24, 2.45) is 0 Å². The van der Waals surface area contributed by atoms with E-state index in [1.165, 1.54) is 4.90 Å². The number of anilines is 2. The van der Waals surface area contributed by atoms with Gasteiger partial charge in [-0.1, -0.05) is 17.7 Å². The number of nitrogens with two attached hydrogens (primary N) is 1. The van der Waals surface area contributed by atoms with Crippen molar-refractivity contribution in [2.75, 3.05) is 51.0 Å². The highest BCUT2D eigenvalue weighted by molar-refractivity contribution is 6.34. The Balaban J connectivity index is 1.19. The molecule has 49 heavy (non-hydrogen) atoms. The lowest BCUT2D eigenvalue weighted by Crippen LogP contribution is -2.44. The molecular formula is C35H41ClFN9O3. The highest BCUT2D eigenvalue weighted by atomic mass is 35.5. The number of rotatable bonds is 5. The number of hydrogen-bond donors (Lipinski definition) is 1. The molecule has 258 valence electrons. The van der Waals surface area contributed by atoms with Gasteiger partial charge in [0.15, 0.2) is 5.69 Å². The lowest BCUT2D eigenvalue weighted by Gasteiger charge is -2.43. The Hall–Kier alpha value is -3.99. The average molecular weight is 690 g/mol. The van der Waals surface area contributed by atoms with Crippen molar-refractivity contribution in [1.82, 2.24) is 29.5 Å². The van der Waals surface area contributed by atoms with Crippen LogP contribution in [0.3, 0.4) is 0 Å². The van der Waals surface area contributed by atoms with Crippen LogP contribution in [0.2, 0.25) is 5.02 Å². The highest BCUT2D eigenvalue weighted by Crippen LogP contribution is 2.48. The van der Waals surface area contributed by atoms with Crippen molar-refractivity contribution in [3.63, 3.8) is 0 Å². The SMILES string of the molecule is CN(C)C(=O)c1nn2c(c1Cl)CN(c1nc(OC[C@@]34CCCN3C[C@H](F)C4)nc3c1CO[C@]1(CCCc4ccc(N)c(C#N)c41)C3)CCC2. The average Bonchev–Trinajstić information content (AvgIpc) is 3.65. The number of alkyl halides is 1. The topological polar surface area (TPSA) is 139 Å². The van der Waals surface area contributed by atoms with Gasteiger partial charge < -0.3 is 25.0 Å². The first-order chi connectivity index (χ1) is 23.6. The summed E-state index contributed by atoms with van der Waals surface area (Å²) < 4.78 is 29.7. The van der Waals surface area contributed by atoms with Gasteiger partial charge in [-0.25, -0.2) is 4.39 Å². The highest BCUT2D eigenvalue weighted by Gasteiger charge is 2.50. The van der Waals surface area contributed by atoms with E-state index in [-0.39, 0.29) is 29.8 Å². The van der Waals surface area contributed by atoms with Crippen molar-refractivity contribution >= 4 is 29.0 Å². The van der Waals surface area contributed by atoms with Gasteiger partial charge in [-0.3, -0.25) is 14.4 Å². The number of nitriles is 1. The van der Waals surface area contributed by atoms with Gasteiger partial charge in [-0.2, -0.15) is 20.3 Å². The number of fused-ring (bicyclic) bond motifs is 5. The molecule has 4 aliphatic heterocycles. The van der Waals surface area contributed by atoms with Gasteiger partial charge in [-0.15, -0.1) is 0 Å². The van der Waals surface area contributed by atoms with Crippen LogP contribution < -0.4 is 15.4 Å². The van der Waals surface area contributed by atoms with Crippen LogP contribution in [0.5, 0.6) is 6.01 Å². The quantitative estimate of drug-likeness (QED) is 0.389. The first-order valence-electron chi connectivity index (χ1n) is 17.2. The molecule has 1 aliphatic carbocycles. The maximum Gasteiger partial charge on any atom is 0.318 e. The van der Waals surface area contributed by atoms with Crippen molar-refractivity contribution < 1.29 is 18.7 Å². The molecule has 0 radical (unpaired) electrons. The molecule has 2 saturated heterocycles. The predicted octanol–water partition coefficient (Wildman–Crippen LogP) is 4.15. The molecule has 3 atom stereocenters. The van der Waals surface area contributed by atoms with E-state index in [1.807, 2.05) is 16.8 Å². The third-order valence-corrected chi connectivity index (χ3v) is 11.6. The Bertz CT molecular complexity index is 1880. The van der Waals surface area contributed by atoms with Crippen LogP contribution in [0.4, 0.5) is 15.9 Å². The van der Waals surface area contributed by atoms with Crippen molar-refractivity contribution in [3.05, 3.63) is 56.5 Å². The standard InChI is InChI=1S/C35H41ClFN9O3/c1-43(2)32(47)30-29(36)27-18-44(11-5-13-46(27)42-30)31-24-19-49-35(10-3-6-21-7-8-25(39)23(16-38)28(21)35)15-26(24)40-33(41-31)48-20-34-9-4-12-45(34)17-22(37)14-34/h7-8,22H,3-6,9-15,17-20,39H2,1-2H3/t22-,34+,35-/m1/s1. The van der Waals surface area contributed by atoms with Crippen molar-refractivity contribution in [2.45, 2.75) is 88.4 Å². The second-order valence-electron chi connectivity index (χ2n) is 14.4. The van der Waals surface area contributed by atoms with E-state index in [4.69, 9.17) is 36.8 Å². The van der Waals surface area contributed by atoms with Gasteiger partial charge >= 0.3 is 6.01 Å². The van der Waals surface area contributed by atoms with Crippen LogP contribution in [0.15, 0.2) is 12.1 Å². The third-order valence-electron chi connectivity index (χ3n) is 11.2. The molecule has 1 amide bonds. The minimum absolute atomic E-state index is 0.231. The Morgan fingerprint density at radius 1 is 1.22 bits per heavy atom. The summed E-state index contributed by atoms with van der Waals surface area (Å²) in [5.74, 6) is 0.430. The number of benzene rings is 1. The van der Waals surface area contributed by atoms with Gasteiger partial charge in [0.05, 0.1) is 40.7 Å². The molecule has 2 fully saturated rings. The smallest absolute Gasteiger partial charge is 0.318 e. The van der Waals surface area contributed by atoms with Gasteiger partial charge in [0.25, 0.3) is 5.91 Å².